The molecule has 7 heteroatoms. The third-order valence-electron chi connectivity index (χ3n) is 4.03. The van der Waals surface area contributed by atoms with Crippen molar-refractivity contribution in [2.75, 3.05) is 0 Å². The monoisotopic (exact) mass is 342 g/mol. The topological polar surface area (TPSA) is 89.9 Å². The van der Waals surface area contributed by atoms with Gasteiger partial charge in [-0.05, 0) is 12.8 Å². The Kier molecular flexibility index (Phi) is 3.53. The fourth-order valence-electron chi connectivity index (χ4n) is 3.01. The van der Waals surface area contributed by atoms with E-state index in [0.717, 1.165) is 9.38 Å². The smallest absolute Gasteiger partial charge is 0.237 e. The van der Waals surface area contributed by atoms with E-state index in [1.54, 1.807) is 18.2 Å². The zero-order valence-corrected chi connectivity index (χ0v) is 12.2. The van der Waals surface area contributed by atoms with Crippen molar-refractivity contribution < 1.29 is 19.8 Å². The lowest BCUT2D eigenvalue weighted by atomic mass is 9.91. The number of nitrogens with zero attached hydrogens (tertiary/aromatic N) is 1. The molecule has 0 spiro atoms. The zero-order valence-electron chi connectivity index (χ0n) is 10.6. The van der Waals surface area contributed by atoms with Crippen LogP contribution in [0, 0.1) is 11.8 Å². The summed E-state index contributed by atoms with van der Waals surface area (Å²) in [5.41, 5.74) is 0. The lowest BCUT2D eigenvalue weighted by Crippen LogP contribution is -2.58. The van der Waals surface area contributed by atoms with Crippen molar-refractivity contribution in [2.45, 2.75) is 31.3 Å². The van der Waals surface area contributed by atoms with Crippen LogP contribution in [0.15, 0.2) is 22.7 Å². The lowest BCUT2D eigenvalue weighted by Gasteiger charge is -2.36. The number of carbonyl (C=O) groups excluding carboxylic acids is 2. The molecule has 0 radical (unpaired) electrons. The first-order chi connectivity index (χ1) is 9.49. The number of halogens is 1. The normalized spacial score (nSPS) is 40.9. The summed E-state index contributed by atoms with van der Waals surface area (Å²) in [6.07, 6.45) is 4.09. The Morgan fingerprint density at radius 1 is 1.20 bits per heavy atom. The van der Waals surface area contributed by atoms with E-state index in [2.05, 4.69) is 21.2 Å². The van der Waals surface area contributed by atoms with Crippen LogP contribution in [0.2, 0.25) is 0 Å². The van der Waals surface area contributed by atoms with Crippen molar-refractivity contribution in [3.63, 3.8) is 0 Å². The van der Waals surface area contributed by atoms with E-state index in [9.17, 15) is 19.8 Å². The van der Waals surface area contributed by atoms with Crippen LogP contribution in [0.4, 0.5) is 0 Å². The van der Waals surface area contributed by atoms with Gasteiger partial charge < -0.3 is 10.2 Å². The Bertz CT molecular complexity index is 519. The third kappa shape index (κ3) is 2.14. The van der Waals surface area contributed by atoms with Crippen LogP contribution in [0.3, 0.4) is 0 Å². The fraction of sp³-hybridized carbons (Fsp3) is 0.538. The number of hydrogen-bond donors (Lipinski definition) is 3. The molecule has 0 aromatic heterocycles. The van der Waals surface area contributed by atoms with E-state index in [-0.39, 0.29) is 11.8 Å². The van der Waals surface area contributed by atoms with Gasteiger partial charge in [0, 0.05) is 4.48 Å². The number of fused-ring (bicyclic) bond motifs is 1. The maximum absolute atomic E-state index is 12.4. The average Bonchev–Trinajstić information content (AvgIpc) is 2.63. The molecule has 3 rings (SSSR count). The Morgan fingerprint density at radius 3 is 2.60 bits per heavy atom. The summed E-state index contributed by atoms with van der Waals surface area (Å²) < 4.78 is 0.777. The van der Waals surface area contributed by atoms with Crippen LogP contribution in [0.25, 0.3) is 0 Å². The van der Waals surface area contributed by atoms with E-state index >= 15 is 0 Å². The Balaban J connectivity index is 1.86. The maximum Gasteiger partial charge on any atom is 0.237 e. The summed E-state index contributed by atoms with van der Waals surface area (Å²) >= 11 is 3.31. The summed E-state index contributed by atoms with van der Waals surface area (Å²) in [6, 6.07) is -0.621. The number of nitrogens with one attached hydrogen (secondary N) is 1. The minimum atomic E-state index is -1.09. The van der Waals surface area contributed by atoms with Crippen molar-refractivity contribution in [2.24, 2.45) is 11.8 Å². The average molecular weight is 343 g/mol. The molecule has 0 aromatic rings. The van der Waals surface area contributed by atoms with Gasteiger partial charge >= 0.3 is 0 Å². The number of amides is 2. The van der Waals surface area contributed by atoms with Crippen LogP contribution in [0.5, 0.6) is 0 Å². The second-order valence-electron chi connectivity index (χ2n) is 5.28. The highest BCUT2D eigenvalue weighted by atomic mass is 79.9. The summed E-state index contributed by atoms with van der Waals surface area (Å²) in [6.45, 7) is 0. The third-order valence-corrected chi connectivity index (χ3v) is 4.56. The molecule has 108 valence electrons. The van der Waals surface area contributed by atoms with E-state index in [1.165, 1.54) is 0 Å². The highest BCUT2D eigenvalue weighted by molar-refractivity contribution is 9.11. The fourth-order valence-corrected chi connectivity index (χ4v) is 3.45. The van der Waals surface area contributed by atoms with Gasteiger partial charge in [-0.15, -0.1) is 0 Å². The van der Waals surface area contributed by atoms with Crippen LogP contribution < -0.4 is 5.32 Å². The summed E-state index contributed by atoms with van der Waals surface area (Å²) in [4.78, 5) is 26.0. The van der Waals surface area contributed by atoms with Gasteiger partial charge in [-0.1, -0.05) is 34.2 Å². The molecule has 0 saturated carbocycles. The first-order valence-electron chi connectivity index (χ1n) is 6.53. The van der Waals surface area contributed by atoms with Gasteiger partial charge in [-0.25, -0.2) is 0 Å². The first-order valence-corrected chi connectivity index (χ1v) is 7.33. The number of carbonyl (C=O) groups is 2. The molecule has 6 nitrogen and oxygen atoms in total. The summed E-state index contributed by atoms with van der Waals surface area (Å²) in [7, 11) is 0. The van der Waals surface area contributed by atoms with Crippen LogP contribution in [-0.4, -0.2) is 45.4 Å². The van der Waals surface area contributed by atoms with E-state index < -0.39 is 30.3 Å². The number of aliphatic hydroxyl groups excluding tert-OH is 2. The number of piperidine rings is 1. The molecule has 2 amide bonds. The van der Waals surface area contributed by atoms with E-state index in [1.807, 2.05) is 0 Å². The highest BCUT2D eigenvalue weighted by Gasteiger charge is 2.51. The molecule has 5 unspecified atom stereocenters. The highest BCUT2D eigenvalue weighted by Crippen LogP contribution is 2.36. The van der Waals surface area contributed by atoms with E-state index in [4.69, 9.17) is 0 Å². The molecule has 1 aliphatic carbocycles. The summed E-state index contributed by atoms with van der Waals surface area (Å²) in [5, 5.41) is 21.9. The SMILES string of the molecule is O=C1C2C=CC(Br)=CC2C(=O)N1C1CCC(O)NC1O. The lowest BCUT2D eigenvalue weighted by molar-refractivity contribution is -0.149. The number of rotatable bonds is 1. The molecule has 2 saturated heterocycles. The predicted octanol–water partition coefficient (Wildman–Crippen LogP) is -0.175. The van der Waals surface area contributed by atoms with Gasteiger partial charge in [0.05, 0.1) is 17.9 Å². The number of likely N-dealkylation sites (tertiary alicyclic amines) is 1. The van der Waals surface area contributed by atoms with Crippen molar-refractivity contribution in [1.82, 2.24) is 10.2 Å². The van der Waals surface area contributed by atoms with Crippen molar-refractivity contribution >= 4 is 27.7 Å². The van der Waals surface area contributed by atoms with Crippen LogP contribution >= 0.6 is 15.9 Å². The molecule has 5 atom stereocenters. The molecular formula is C13H15BrN2O4. The van der Waals surface area contributed by atoms with Gasteiger partial charge in [-0.3, -0.25) is 19.8 Å². The molecule has 0 bridgehead atoms. The number of hydrogen-bond acceptors (Lipinski definition) is 5. The molecular weight excluding hydrogens is 328 g/mol. The van der Waals surface area contributed by atoms with Crippen molar-refractivity contribution in [1.29, 1.82) is 0 Å². The largest absolute Gasteiger partial charge is 0.379 e. The van der Waals surface area contributed by atoms with Crippen molar-refractivity contribution in [3.05, 3.63) is 22.7 Å². The van der Waals surface area contributed by atoms with Gasteiger partial charge in [-0.2, -0.15) is 0 Å². The quantitative estimate of drug-likeness (QED) is 0.575. The first kappa shape index (κ1) is 13.9. The zero-order chi connectivity index (χ0) is 14.4. The predicted molar refractivity (Wildman–Crippen MR) is 73.2 cm³/mol. The van der Waals surface area contributed by atoms with E-state index in [0.29, 0.717) is 12.8 Å². The second-order valence-corrected chi connectivity index (χ2v) is 6.20. The van der Waals surface area contributed by atoms with Gasteiger partial charge in [0.15, 0.2) is 0 Å². The summed E-state index contributed by atoms with van der Waals surface area (Å²) in [5.74, 6) is -1.55. The maximum atomic E-state index is 12.4. The van der Waals surface area contributed by atoms with Gasteiger partial charge in [0.25, 0.3) is 0 Å². The molecule has 2 fully saturated rings. The number of allylic oxidation sites excluding steroid dienone is 2. The standard InChI is InChI=1S/C13H15BrN2O4/c14-6-1-2-7-8(5-6)13(20)16(12(7)19)9-3-4-10(17)15-11(9)18/h1-2,5,7-11,15,17-18H,3-4H2. The number of aliphatic hydroxyl groups is 2. The molecule has 0 aromatic carbocycles. The molecule has 2 aliphatic heterocycles. The Hall–Kier alpha value is -1.02. The molecule has 2 heterocycles. The van der Waals surface area contributed by atoms with Crippen LogP contribution in [0.1, 0.15) is 12.8 Å². The molecule has 3 aliphatic rings. The van der Waals surface area contributed by atoms with Crippen LogP contribution in [-0.2, 0) is 9.59 Å². The Labute approximate surface area is 124 Å². The second kappa shape index (κ2) is 5.07. The minimum absolute atomic E-state index is 0.283. The minimum Gasteiger partial charge on any atom is -0.379 e. The molecule has 20 heavy (non-hydrogen) atoms. The Morgan fingerprint density at radius 2 is 1.90 bits per heavy atom. The number of imide groups is 1. The van der Waals surface area contributed by atoms with Crippen molar-refractivity contribution in [3.8, 4) is 0 Å². The molecule has 3 N–H and O–H groups in total. The van der Waals surface area contributed by atoms with Gasteiger partial charge in [0.2, 0.25) is 11.8 Å². The van der Waals surface area contributed by atoms with Gasteiger partial charge in [0.1, 0.15) is 12.5 Å².